The summed E-state index contributed by atoms with van der Waals surface area (Å²) < 4.78 is 42.9. The van der Waals surface area contributed by atoms with Gasteiger partial charge in [0.25, 0.3) is 0 Å². The monoisotopic (exact) mass is 449 g/mol. The van der Waals surface area contributed by atoms with E-state index in [1.54, 1.807) is 36.5 Å². The Balaban J connectivity index is 1.22. The first kappa shape index (κ1) is 21.8. The van der Waals surface area contributed by atoms with Crippen LogP contribution >= 0.6 is 0 Å². The molecule has 1 N–H and O–H groups in total. The summed E-state index contributed by atoms with van der Waals surface area (Å²) in [5.74, 6) is 0.0924. The van der Waals surface area contributed by atoms with Crippen molar-refractivity contribution >= 4 is 23.3 Å². The summed E-state index contributed by atoms with van der Waals surface area (Å²) >= 11 is 0. The lowest BCUT2D eigenvalue weighted by atomic mass is 9.99. The zero-order chi connectivity index (χ0) is 22.7. The van der Waals surface area contributed by atoms with Crippen molar-refractivity contribution in [1.29, 1.82) is 0 Å². The first-order chi connectivity index (χ1) is 15.3. The van der Waals surface area contributed by atoms with E-state index in [4.69, 9.17) is 4.74 Å². The normalized spacial score (nSPS) is 18.9. The van der Waals surface area contributed by atoms with Gasteiger partial charge in [-0.25, -0.2) is 0 Å². The minimum absolute atomic E-state index is 0.0894. The third-order valence-corrected chi connectivity index (χ3v) is 5.41. The molecule has 8 nitrogen and oxygen atoms in total. The molecule has 11 heteroatoms. The Labute approximate surface area is 182 Å². The summed E-state index contributed by atoms with van der Waals surface area (Å²) in [6, 6.07) is 10.4. The maximum atomic E-state index is 12.4. The number of aromatic nitrogens is 2. The second kappa shape index (κ2) is 9.01. The van der Waals surface area contributed by atoms with E-state index < -0.39 is 18.5 Å². The third kappa shape index (κ3) is 5.45. The quantitative estimate of drug-likeness (QED) is 0.729. The number of likely N-dealkylation sites (tertiary alicyclic amines) is 1. The average Bonchev–Trinajstić information content (AvgIpc) is 3.17. The van der Waals surface area contributed by atoms with Gasteiger partial charge in [-0.15, -0.1) is 5.10 Å². The van der Waals surface area contributed by atoms with Crippen molar-refractivity contribution < 1.29 is 27.5 Å². The number of nitrogens with zero attached hydrogens (tertiary/aromatic N) is 4. The van der Waals surface area contributed by atoms with Gasteiger partial charge in [-0.1, -0.05) is 0 Å². The lowest BCUT2D eigenvalue weighted by Crippen LogP contribution is -2.52. The van der Waals surface area contributed by atoms with Crippen LogP contribution in [-0.2, 0) is 9.59 Å². The van der Waals surface area contributed by atoms with Crippen LogP contribution in [0.25, 0.3) is 0 Å². The van der Waals surface area contributed by atoms with Crippen molar-refractivity contribution in [3.8, 4) is 5.75 Å². The van der Waals surface area contributed by atoms with E-state index in [-0.39, 0.29) is 31.0 Å². The molecule has 0 saturated carbocycles. The van der Waals surface area contributed by atoms with Crippen LogP contribution in [0.3, 0.4) is 0 Å². The number of amides is 2. The molecule has 2 amide bonds. The average molecular weight is 449 g/mol. The van der Waals surface area contributed by atoms with E-state index in [2.05, 4.69) is 15.5 Å². The topological polar surface area (TPSA) is 87.7 Å². The molecule has 2 aliphatic rings. The summed E-state index contributed by atoms with van der Waals surface area (Å²) in [7, 11) is 0. The molecule has 0 aliphatic carbocycles. The predicted molar refractivity (Wildman–Crippen MR) is 109 cm³/mol. The SMILES string of the molecule is O=C(Nc1ccc(OC2CCN(C(=O)CC(F)(F)F)C2)cc1)C1CN(c2cccnn2)C1. The number of hydrogen-bond donors (Lipinski definition) is 1. The van der Waals surface area contributed by atoms with Gasteiger partial charge in [0.05, 0.1) is 12.5 Å². The van der Waals surface area contributed by atoms with Crippen LogP contribution in [0.5, 0.6) is 5.75 Å². The highest BCUT2D eigenvalue weighted by atomic mass is 19.4. The van der Waals surface area contributed by atoms with Crippen molar-refractivity contribution in [2.24, 2.45) is 5.92 Å². The van der Waals surface area contributed by atoms with Gasteiger partial charge in [0.1, 0.15) is 18.3 Å². The molecule has 170 valence electrons. The number of alkyl halides is 3. The van der Waals surface area contributed by atoms with E-state index in [1.807, 2.05) is 11.0 Å². The molecule has 0 spiro atoms. The Hall–Kier alpha value is -3.37. The molecule has 2 aromatic rings. The molecule has 2 aliphatic heterocycles. The summed E-state index contributed by atoms with van der Waals surface area (Å²) in [6.07, 6.45) is -4.27. The van der Waals surface area contributed by atoms with Gasteiger partial charge in [0, 0.05) is 37.9 Å². The fourth-order valence-corrected chi connectivity index (χ4v) is 3.68. The van der Waals surface area contributed by atoms with Gasteiger partial charge in [-0.2, -0.15) is 18.3 Å². The molecule has 1 unspecified atom stereocenters. The van der Waals surface area contributed by atoms with Crippen molar-refractivity contribution in [3.63, 3.8) is 0 Å². The maximum Gasteiger partial charge on any atom is 0.397 e. The van der Waals surface area contributed by atoms with Crippen LogP contribution in [0.4, 0.5) is 24.7 Å². The van der Waals surface area contributed by atoms with Crippen molar-refractivity contribution in [1.82, 2.24) is 15.1 Å². The van der Waals surface area contributed by atoms with Crippen molar-refractivity contribution in [2.75, 3.05) is 36.4 Å². The molecule has 3 heterocycles. The molecule has 2 saturated heterocycles. The molecule has 2 fully saturated rings. The van der Waals surface area contributed by atoms with Crippen molar-refractivity contribution in [3.05, 3.63) is 42.6 Å². The Morgan fingerprint density at radius 2 is 1.88 bits per heavy atom. The zero-order valence-corrected chi connectivity index (χ0v) is 17.1. The molecule has 1 aromatic heterocycles. The molecule has 1 aromatic carbocycles. The largest absolute Gasteiger partial charge is 0.489 e. The van der Waals surface area contributed by atoms with Crippen LogP contribution in [0.2, 0.25) is 0 Å². The van der Waals surface area contributed by atoms with Crippen LogP contribution in [0, 0.1) is 5.92 Å². The van der Waals surface area contributed by atoms with Crippen LogP contribution in [0.1, 0.15) is 12.8 Å². The summed E-state index contributed by atoms with van der Waals surface area (Å²) in [5, 5.41) is 10.7. The van der Waals surface area contributed by atoms with Gasteiger partial charge >= 0.3 is 6.18 Å². The van der Waals surface area contributed by atoms with E-state index in [0.29, 0.717) is 30.9 Å². The number of halogens is 3. The van der Waals surface area contributed by atoms with Crippen LogP contribution < -0.4 is 15.0 Å². The molecule has 1 atom stereocenters. The number of nitrogens with one attached hydrogen (secondary N) is 1. The fraction of sp³-hybridized carbons (Fsp3) is 0.429. The van der Waals surface area contributed by atoms with E-state index in [9.17, 15) is 22.8 Å². The predicted octanol–water partition coefficient (Wildman–Crippen LogP) is 2.48. The van der Waals surface area contributed by atoms with E-state index in [1.165, 1.54) is 4.90 Å². The standard InChI is InChI=1S/C21H22F3N5O3/c22-21(23,24)10-19(30)28-9-7-17(13-28)32-16-5-3-15(4-6-16)26-20(31)14-11-29(12-14)18-2-1-8-25-27-18/h1-6,8,14,17H,7,9-13H2,(H,26,31). The highest BCUT2D eigenvalue weighted by molar-refractivity contribution is 5.94. The molecule has 32 heavy (non-hydrogen) atoms. The number of carbonyl (C=O) groups excluding carboxylic acids is 2. The second-order valence-electron chi connectivity index (χ2n) is 7.86. The first-order valence-electron chi connectivity index (χ1n) is 10.2. The molecule has 4 rings (SSSR count). The Morgan fingerprint density at radius 3 is 2.53 bits per heavy atom. The lowest BCUT2D eigenvalue weighted by molar-refractivity contribution is -0.160. The first-order valence-corrected chi connectivity index (χ1v) is 10.2. The highest BCUT2D eigenvalue weighted by Gasteiger charge is 2.36. The molecular weight excluding hydrogens is 427 g/mol. The summed E-state index contributed by atoms with van der Waals surface area (Å²) in [4.78, 5) is 27.3. The number of hydrogen-bond acceptors (Lipinski definition) is 6. The summed E-state index contributed by atoms with van der Waals surface area (Å²) in [5.41, 5.74) is 0.619. The van der Waals surface area contributed by atoms with Crippen molar-refractivity contribution in [2.45, 2.75) is 25.1 Å². The van der Waals surface area contributed by atoms with Gasteiger partial charge in [0.2, 0.25) is 11.8 Å². The lowest BCUT2D eigenvalue weighted by Gasteiger charge is -2.38. The van der Waals surface area contributed by atoms with Gasteiger partial charge in [0.15, 0.2) is 5.82 Å². The Morgan fingerprint density at radius 1 is 1.12 bits per heavy atom. The third-order valence-electron chi connectivity index (χ3n) is 5.41. The maximum absolute atomic E-state index is 12.4. The van der Waals surface area contributed by atoms with E-state index in [0.717, 1.165) is 5.82 Å². The number of benzene rings is 1. The fourth-order valence-electron chi connectivity index (χ4n) is 3.68. The molecule has 0 bridgehead atoms. The highest BCUT2D eigenvalue weighted by Crippen LogP contribution is 2.26. The van der Waals surface area contributed by atoms with Crippen LogP contribution in [-0.4, -0.2) is 65.4 Å². The number of anilines is 2. The Bertz CT molecular complexity index is 949. The van der Waals surface area contributed by atoms with Gasteiger partial charge in [-0.05, 0) is 36.4 Å². The second-order valence-corrected chi connectivity index (χ2v) is 7.86. The minimum Gasteiger partial charge on any atom is -0.489 e. The number of carbonyl (C=O) groups is 2. The molecule has 0 radical (unpaired) electrons. The smallest absolute Gasteiger partial charge is 0.397 e. The summed E-state index contributed by atoms with van der Waals surface area (Å²) in [6.45, 7) is 1.49. The van der Waals surface area contributed by atoms with Gasteiger partial charge in [-0.3, -0.25) is 9.59 Å². The Kier molecular flexibility index (Phi) is 6.15. The zero-order valence-electron chi connectivity index (χ0n) is 17.1. The van der Waals surface area contributed by atoms with Crippen LogP contribution in [0.15, 0.2) is 42.6 Å². The number of ether oxygens (including phenoxy) is 1. The van der Waals surface area contributed by atoms with E-state index >= 15 is 0 Å². The number of rotatable bonds is 6. The van der Waals surface area contributed by atoms with Gasteiger partial charge < -0.3 is 19.9 Å². The minimum atomic E-state index is -4.51. The molecular formula is C21H22F3N5O3.